The van der Waals surface area contributed by atoms with Crippen LogP contribution >= 0.6 is 0 Å². The third-order valence-electron chi connectivity index (χ3n) is 5.88. The number of fused-ring (bicyclic) bond motifs is 1. The van der Waals surface area contributed by atoms with Crippen LogP contribution in [0.4, 0.5) is 30.7 Å². The predicted molar refractivity (Wildman–Crippen MR) is 124 cm³/mol. The van der Waals surface area contributed by atoms with E-state index >= 15 is 0 Å². The van der Waals surface area contributed by atoms with Crippen molar-refractivity contribution in [3.8, 4) is 34.0 Å². The Labute approximate surface area is 219 Å². The fourth-order valence-corrected chi connectivity index (χ4v) is 3.98. The van der Waals surface area contributed by atoms with E-state index in [4.69, 9.17) is 4.52 Å². The maximum Gasteiger partial charge on any atom is 0.417 e. The summed E-state index contributed by atoms with van der Waals surface area (Å²) in [6, 6.07) is 6.49. The zero-order chi connectivity index (χ0) is 28.8. The average molecular weight is 564 g/mol. The van der Waals surface area contributed by atoms with Crippen molar-refractivity contribution in [2.24, 2.45) is 0 Å². The van der Waals surface area contributed by atoms with Crippen molar-refractivity contribution >= 4 is 5.91 Å². The third-order valence-corrected chi connectivity index (χ3v) is 5.88. The van der Waals surface area contributed by atoms with Gasteiger partial charge in [0.1, 0.15) is 22.9 Å². The third kappa shape index (κ3) is 4.97. The average Bonchev–Trinajstić information content (AvgIpc) is 3.55. The standard InChI is InChI=1S/C25H15F7N6O2/c1-33-23(39)21(38-11-19-18(10-34-38)35-22(36-19)14-4-2-3-5-16(14)26)20-9-17(37-40-20)13-7-6-12(24(27,28)29)8-15(13)25(30,31)32/h2-11,21H,1H3,(H,33,39). The molecule has 2 aliphatic heterocycles. The minimum atomic E-state index is -5.15. The summed E-state index contributed by atoms with van der Waals surface area (Å²) in [4.78, 5) is 21.3. The van der Waals surface area contributed by atoms with Crippen LogP contribution in [0.1, 0.15) is 22.9 Å². The van der Waals surface area contributed by atoms with Crippen molar-refractivity contribution in [2.45, 2.75) is 18.4 Å². The van der Waals surface area contributed by atoms with Gasteiger partial charge in [-0.1, -0.05) is 23.4 Å². The van der Waals surface area contributed by atoms with Crippen molar-refractivity contribution in [1.29, 1.82) is 0 Å². The number of nitrogens with zero attached hydrogens (tertiary/aromatic N) is 5. The van der Waals surface area contributed by atoms with Gasteiger partial charge in [0.15, 0.2) is 17.6 Å². The van der Waals surface area contributed by atoms with E-state index in [0.29, 0.717) is 12.1 Å². The Bertz CT molecular complexity index is 1670. The van der Waals surface area contributed by atoms with Crippen LogP contribution in [0.15, 0.2) is 65.4 Å². The van der Waals surface area contributed by atoms with Gasteiger partial charge in [0, 0.05) is 18.7 Å². The molecule has 5 rings (SSSR count). The molecule has 3 aromatic rings. The van der Waals surface area contributed by atoms with Crippen molar-refractivity contribution in [1.82, 2.24) is 30.2 Å². The van der Waals surface area contributed by atoms with Gasteiger partial charge in [-0.2, -0.15) is 31.4 Å². The molecule has 0 saturated heterocycles. The lowest BCUT2D eigenvalue weighted by Gasteiger charge is -2.15. The number of likely N-dealkylation sites (N-methyl/N-ethyl adjacent to an activating group) is 1. The van der Waals surface area contributed by atoms with Gasteiger partial charge in [-0.25, -0.2) is 14.4 Å². The van der Waals surface area contributed by atoms with Crippen LogP contribution in [0.2, 0.25) is 0 Å². The molecular weight excluding hydrogens is 549 g/mol. The van der Waals surface area contributed by atoms with Crippen LogP contribution in [0.25, 0.3) is 34.0 Å². The Kier molecular flexibility index (Phi) is 6.51. The van der Waals surface area contributed by atoms with E-state index in [2.05, 4.69) is 25.5 Å². The highest BCUT2D eigenvalue weighted by molar-refractivity contribution is 5.83. The molecule has 8 nitrogen and oxygen atoms in total. The monoisotopic (exact) mass is 564 g/mol. The van der Waals surface area contributed by atoms with Gasteiger partial charge in [-0.3, -0.25) is 9.48 Å². The Morgan fingerprint density at radius 1 is 0.925 bits per heavy atom. The largest absolute Gasteiger partial charge is 0.417 e. The molecule has 2 aromatic carbocycles. The first-order chi connectivity index (χ1) is 18.9. The number of rotatable bonds is 5. The van der Waals surface area contributed by atoms with Gasteiger partial charge in [-0.15, -0.1) is 0 Å². The molecule has 1 atom stereocenters. The highest BCUT2D eigenvalue weighted by Gasteiger charge is 2.39. The van der Waals surface area contributed by atoms with E-state index in [1.54, 1.807) is 6.07 Å². The topological polar surface area (TPSA) is 98.7 Å². The number of amides is 1. The van der Waals surface area contributed by atoms with Crippen LogP contribution in [0.5, 0.6) is 0 Å². The first-order valence-electron chi connectivity index (χ1n) is 11.3. The molecule has 0 saturated carbocycles. The normalized spacial score (nSPS) is 13.0. The van der Waals surface area contributed by atoms with Crippen LogP contribution in [-0.2, 0) is 17.1 Å². The van der Waals surface area contributed by atoms with Gasteiger partial charge < -0.3 is 9.84 Å². The van der Waals surface area contributed by atoms with E-state index in [1.807, 2.05) is 0 Å². The van der Waals surface area contributed by atoms with E-state index in [1.165, 1.54) is 37.6 Å². The number of alkyl halides is 6. The lowest BCUT2D eigenvalue weighted by Crippen LogP contribution is -2.31. The summed E-state index contributed by atoms with van der Waals surface area (Å²) in [5.74, 6) is -1.48. The number of nitrogens with one attached hydrogen (secondary N) is 1. The van der Waals surface area contributed by atoms with E-state index < -0.39 is 52.5 Å². The molecule has 0 aliphatic carbocycles. The summed E-state index contributed by atoms with van der Waals surface area (Å²) in [6.07, 6.45) is -7.61. The summed E-state index contributed by atoms with van der Waals surface area (Å²) in [6.45, 7) is 0. The number of imidazole rings is 1. The molecule has 206 valence electrons. The fraction of sp³-hybridized carbons (Fsp3) is 0.160. The Hall–Kier alpha value is -4.82. The van der Waals surface area contributed by atoms with E-state index in [-0.39, 0.29) is 34.6 Å². The molecule has 1 amide bonds. The summed E-state index contributed by atoms with van der Waals surface area (Å²) in [5.41, 5.74) is -3.61. The van der Waals surface area contributed by atoms with Crippen LogP contribution in [0, 0.1) is 5.82 Å². The van der Waals surface area contributed by atoms with Crippen molar-refractivity contribution < 1.29 is 40.1 Å². The molecule has 1 aromatic heterocycles. The first-order valence-corrected chi connectivity index (χ1v) is 11.3. The van der Waals surface area contributed by atoms with E-state index in [9.17, 15) is 35.5 Å². The summed E-state index contributed by atoms with van der Waals surface area (Å²) < 4.78 is 101. The minimum absolute atomic E-state index is 0.0224. The maximum atomic E-state index is 14.2. The van der Waals surface area contributed by atoms with Crippen molar-refractivity contribution in [3.05, 3.63) is 83.6 Å². The number of halogens is 7. The number of carbonyl (C=O) groups is 1. The number of carbonyl (C=O) groups excluding carboxylic acids is 1. The SMILES string of the molecule is CNC(=O)C(c1cc(-c2ccc(C(F)(F)F)cc2C(F)(F)F)no1)n1cc2nc(-c3ccccc3F)nc-2cn1. The summed E-state index contributed by atoms with van der Waals surface area (Å²) in [5, 5.41) is 10.1. The lowest BCUT2D eigenvalue weighted by molar-refractivity contribution is -0.142. The number of hydrogen-bond acceptors (Lipinski definition) is 6. The predicted octanol–water partition coefficient (Wildman–Crippen LogP) is 5.61. The molecule has 3 heterocycles. The quantitative estimate of drug-likeness (QED) is 0.279. The molecule has 0 radical (unpaired) electrons. The molecule has 15 heteroatoms. The van der Waals surface area contributed by atoms with E-state index in [0.717, 1.165) is 10.7 Å². The number of benzene rings is 2. The second-order valence-electron chi connectivity index (χ2n) is 8.44. The number of aromatic nitrogens is 5. The first kappa shape index (κ1) is 26.8. The molecule has 2 aliphatic rings. The van der Waals surface area contributed by atoms with Crippen LogP contribution < -0.4 is 5.32 Å². The Balaban J connectivity index is 1.56. The van der Waals surface area contributed by atoms with Crippen molar-refractivity contribution in [3.63, 3.8) is 0 Å². The highest BCUT2D eigenvalue weighted by atomic mass is 19.4. The fourth-order valence-electron chi connectivity index (χ4n) is 3.98. The van der Waals surface area contributed by atoms with Crippen LogP contribution in [0.3, 0.4) is 0 Å². The van der Waals surface area contributed by atoms with Crippen LogP contribution in [-0.4, -0.2) is 37.9 Å². The lowest BCUT2D eigenvalue weighted by atomic mass is 10.00. The molecule has 0 fully saturated rings. The zero-order valence-corrected chi connectivity index (χ0v) is 20.0. The smallest absolute Gasteiger partial charge is 0.358 e. The molecule has 1 N–H and O–H groups in total. The molecule has 40 heavy (non-hydrogen) atoms. The van der Waals surface area contributed by atoms with Gasteiger partial charge in [0.25, 0.3) is 5.91 Å². The van der Waals surface area contributed by atoms with Gasteiger partial charge >= 0.3 is 12.4 Å². The minimum Gasteiger partial charge on any atom is -0.358 e. The summed E-state index contributed by atoms with van der Waals surface area (Å²) in [7, 11) is 1.29. The second kappa shape index (κ2) is 9.73. The van der Waals surface area contributed by atoms with Gasteiger partial charge in [0.2, 0.25) is 0 Å². The molecular formula is C25H15F7N6O2. The Morgan fingerprint density at radius 2 is 1.65 bits per heavy atom. The summed E-state index contributed by atoms with van der Waals surface area (Å²) >= 11 is 0. The highest BCUT2D eigenvalue weighted by Crippen LogP contribution is 2.41. The second-order valence-corrected chi connectivity index (χ2v) is 8.44. The molecule has 1 unspecified atom stereocenters. The molecule has 0 bridgehead atoms. The number of hydrogen-bond donors (Lipinski definition) is 1. The molecule has 0 spiro atoms. The maximum absolute atomic E-state index is 14.2. The van der Waals surface area contributed by atoms with Crippen molar-refractivity contribution in [2.75, 3.05) is 7.05 Å². The van der Waals surface area contributed by atoms with Gasteiger partial charge in [-0.05, 0) is 24.3 Å². The zero-order valence-electron chi connectivity index (χ0n) is 20.0. The van der Waals surface area contributed by atoms with Gasteiger partial charge in [0.05, 0.1) is 29.1 Å². The Morgan fingerprint density at radius 3 is 2.33 bits per heavy atom.